The quantitative estimate of drug-likeness (QED) is 0.689. The number of fused-ring (bicyclic) bond motifs is 1. The van der Waals surface area contributed by atoms with E-state index in [4.69, 9.17) is 16.3 Å². The number of nitrogens with one attached hydrogen (secondary N) is 1. The lowest BCUT2D eigenvalue weighted by Crippen LogP contribution is -2.18. The van der Waals surface area contributed by atoms with Crippen LogP contribution < -0.4 is 5.43 Å². The fraction of sp³-hybridized carbons (Fsp3) is 0.231. The lowest BCUT2D eigenvalue weighted by atomic mass is 10.1. The Kier molecular flexibility index (Phi) is 4.39. The highest BCUT2D eigenvalue weighted by Gasteiger charge is 2.07. The van der Waals surface area contributed by atoms with Crippen molar-refractivity contribution in [2.45, 2.75) is 13.8 Å². The lowest BCUT2D eigenvalue weighted by Gasteiger charge is -1.98. The number of halogens is 1. The van der Waals surface area contributed by atoms with Gasteiger partial charge in [-0.25, -0.2) is 10.2 Å². The first-order chi connectivity index (χ1) is 9.11. The maximum absolute atomic E-state index is 11.1. The molecule has 0 saturated heterocycles. The van der Waals surface area contributed by atoms with Gasteiger partial charge in [0.1, 0.15) is 0 Å². The topological polar surface area (TPSA) is 50.7 Å². The summed E-state index contributed by atoms with van der Waals surface area (Å²) in [7, 11) is 0. The number of benzene rings is 1. The SMILES string of the molecule is CCOC(=O)NN=Cc1sc2ccc(Cl)cc2c1C. The van der Waals surface area contributed by atoms with E-state index in [1.807, 2.05) is 25.1 Å². The molecule has 2 aromatic rings. The minimum Gasteiger partial charge on any atom is -0.449 e. The third-order valence-electron chi connectivity index (χ3n) is 2.55. The Bertz CT molecular complexity index is 637. The van der Waals surface area contributed by atoms with Crippen LogP contribution in [0.5, 0.6) is 0 Å². The Morgan fingerprint density at radius 3 is 3.11 bits per heavy atom. The van der Waals surface area contributed by atoms with Gasteiger partial charge < -0.3 is 4.74 Å². The van der Waals surface area contributed by atoms with Crippen LogP contribution in [0.3, 0.4) is 0 Å². The summed E-state index contributed by atoms with van der Waals surface area (Å²) in [5, 5.41) is 5.68. The Morgan fingerprint density at radius 2 is 2.37 bits per heavy atom. The first-order valence-corrected chi connectivity index (χ1v) is 6.95. The molecule has 0 fully saturated rings. The van der Waals surface area contributed by atoms with Crippen LogP contribution in [-0.4, -0.2) is 18.9 Å². The number of hydrogen-bond acceptors (Lipinski definition) is 4. The summed E-state index contributed by atoms with van der Waals surface area (Å²) in [4.78, 5) is 12.1. The van der Waals surface area contributed by atoms with E-state index in [2.05, 4.69) is 10.5 Å². The van der Waals surface area contributed by atoms with Crippen LogP contribution in [0.1, 0.15) is 17.4 Å². The zero-order valence-electron chi connectivity index (χ0n) is 10.6. The number of carbonyl (C=O) groups excluding carboxylic acids is 1. The molecule has 100 valence electrons. The number of hydrogen-bond donors (Lipinski definition) is 1. The van der Waals surface area contributed by atoms with Gasteiger partial charge in [-0.15, -0.1) is 11.3 Å². The summed E-state index contributed by atoms with van der Waals surface area (Å²) in [6, 6.07) is 5.77. The molecule has 4 nitrogen and oxygen atoms in total. The van der Waals surface area contributed by atoms with Gasteiger partial charge in [0.15, 0.2) is 0 Å². The van der Waals surface area contributed by atoms with Gasteiger partial charge in [-0.2, -0.15) is 5.10 Å². The van der Waals surface area contributed by atoms with Crippen LogP contribution in [0.25, 0.3) is 10.1 Å². The molecule has 0 atom stereocenters. The fourth-order valence-corrected chi connectivity index (χ4v) is 2.88. The zero-order chi connectivity index (χ0) is 13.8. The van der Waals surface area contributed by atoms with Crippen LogP contribution in [0, 0.1) is 6.92 Å². The molecule has 1 amide bonds. The van der Waals surface area contributed by atoms with Gasteiger partial charge in [-0.05, 0) is 43.0 Å². The Balaban J connectivity index is 2.19. The van der Waals surface area contributed by atoms with E-state index in [9.17, 15) is 4.79 Å². The van der Waals surface area contributed by atoms with E-state index < -0.39 is 6.09 Å². The molecule has 0 radical (unpaired) electrons. The van der Waals surface area contributed by atoms with E-state index in [0.717, 1.165) is 20.5 Å². The molecule has 0 aliphatic heterocycles. The van der Waals surface area contributed by atoms with Gasteiger partial charge in [-0.3, -0.25) is 0 Å². The third-order valence-corrected chi connectivity index (χ3v) is 3.99. The van der Waals surface area contributed by atoms with Gasteiger partial charge in [0, 0.05) is 9.72 Å². The number of thiophene rings is 1. The number of hydrazone groups is 1. The number of ether oxygens (including phenoxy) is 1. The largest absolute Gasteiger partial charge is 0.449 e. The van der Waals surface area contributed by atoms with Crippen molar-refractivity contribution in [3.8, 4) is 0 Å². The summed E-state index contributed by atoms with van der Waals surface area (Å²) in [5.41, 5.74) is 3.40. The van der Waals surface area contributed by atoms with Crippen LogP contribution in [0.15, 0.2) is 23.3 Å². The second kappa shape index (κ2) is 6.04. The fourth-order valence-electron chi connectivity index (χ4n) is 1.64. The van der Waals surface area contributed by atoms with Crippen molar-refractivity contribution >= 4 is 45.3 Å². The van der Waals surface area contributed by atoms with Gasteiger partial charge in [0.25, 0.3) is 0 Å². The smallest absolute Gasteiger partial charge is 0.427 e. The highest BCUT2D eigenvalue weighted by Crippen LogP contribution is 2.31. The van der Waals surface area contributed by atoms with Crippen LogP contribution in [0.4, 0.5) is 4.79 Å². The summed E-state index contributed by atoms with van der Waals surface area (Å²) >= 11 is 7.58. The van der Waals surface area contributed by atoms with E-state index >= 15 is 0 Å². The molecule has 19 heavy (non-hydrogen) atoms. The van der Waals surface area contributed by atoms with Gasteiger partial charge in [0.05, 0.1) is 17.7 Å². The predicted octanol–water partition coefficient (Wildman–Crippen LogP) is 3.94. The van der Waals surface area contributed by atoms with Gasteiger partial charge in [0.2, 0.25) is 0 Å². The lowest BCUT2D eigenvalue weighted by molar-refractivity contribution is 0.152. The van der Waals surface area contributed by atoms with E-state index in [-0.39, 0.29) is 0 Å². The van der Waals surface area contributed by atoms with Crippen molar-refractivity contribution < 1.29 is 9.53 Å². The minimum atomic E-state index is -0.555. The maximum atomic E-state index is 11.1. The summed E-state index contributed by atoms with van der Waals surface area (Å²) in [6.07, 6.45) is 1.06. The molecule has 1 aromatic carbocycles. The minimum absolute atomic E-state index is 0.321. The number of amides is 1. The maximum Gasteiger partial charge on any atom is 0.427 e. The molecule has 1 heterocycles. The molecule has 1 N–H and O–H groups in total. The molecule has 0 spiro atoms. The molecule has 1 aromatic heterocycles. The highest BCUT2D eigenvalue weighted by atomic mass is 35.5. The number of aryl methyl sites for hydroxylation is 1. The molecule has 0 unspecified atom stereocenters. The molecule has 0 saturated carbocycles. The molecular formula is C13H13ClN2O2S. The summed E-state index contributed by atoms with van der Waals surface area (Å²) < 4.78 is 5.85. The number of rotatable bonds is 3. The van der Waals surface area contributed by atoms with Crippen molar-refractivity contribution in [3.63, 3.8) is 0 Å². The van der Waals surface area contributed by atoms with Crippen LogP contribution in [0.2, 0.25) is 5.02 Å². The zero-order valence-corrected chi connectivity index (χ0v) is 12.1. The van der Waals surface area contributed by atoms with Gasteiger partial charge >= 0.3 is 6.09 Å². The van der Waals surface area contributed by atoms with Crippen molar-refractivity contribution in [2.75, 3.05) is 6.61 Å². The molecule has 0 aliphatic rings. The molecular weight excluding hydrogens is 284 g/mol. The second-order valence-electron chi connectivity index (χ2n) is 3.82. The van der Waals surface area contributed by atoms with E-state index in [0.29, 0.717) is 11.6 Å². The Labute approximate surface area is 120 Å². The number of nitrogens with zero attached hydrogens (tertiary/aromatic N) is 1. The summed E-state index contributed by atoms with van der Waals surface area (Å²) in [5.74, 6) is 0. The molecule has 0 aliphatic carbocycles. The number of carbonyl (C=O) groups is 1. The predicted molar refractivity (Wildman–Crippen MR) is 79.3 cm³/mol. The van der Waals surface area contributed by atoms with E-state index in [1.165, 1.54) is 0 Å². The van der Waals surface area contributed by atoms with Crippen molar-refractivity contribution in [1.82, 2.24) is 5.43 Å². The summed E-state index contributed by atoms with van der Waals surface area (Å²) in [6.45, 7) is 4.06. The molecule has 0 bridgehead atoms. The first-order valence-electron chi connectivity index (χ1n) is 5.76. The van der Waals surface area contributed by atoms with Crippen LogP contribution in [-0.2, 0) is 4.74 Å². The van der Waals surface area contributed by atoms with Crippen molar-refractivity contribution in [3.05, 3.63) is 33.7 Å². The average molecular weight is 297 g/mol. The average Bonchev–Trinajstić information content (AvgIpc) is 2.67. The molecule has 6 heteroatoms. The Hall–Kier alpha value is -1.59. The van der Waals surface area contributed by atoms with E-state index in [1.54, 1.807) is 24.5 Å². The van der Waals surface area contributed by atoms with Crippen molar-refractivity contribution in [1.29, 1.82) is 0 Å². The van der Waals surface area contributed by atoms with Crippen LogP contribution >= 0.6 is 22.9 Å². The van der Waals surface area contributed by atoms with Crippen molar-refractivity contribution in [2.24, 2.45) is 5.10 Å². The van der Waals surface area contributed by atoms with Gasteiger partial charge in [-0.1, -0.05) is 11.6 Å². The standard InChI is InChI=1S/C13H13ClN2O2S/c1-3-18-13(17)16-15-7-12-8(2)10-6-9(14)4-5-11(10)19-12/h4-7H,3H2,1-2H3,(H,16,17). The second-order valence-corrected chi connectivity index (χ2v) is 5.34. The first kappa shape index (κ1) is 13.8. The third kappa shape index (κ3) is 3.24. The normalized spacial score (nSPS) is 11.1. The monoisotopic (exact) mass is 296 g/mol. The highest BCUT2D eigenvalue weighted by molar-refractivity contribution is 7.20. The Morgan fingerprint density at radius 1 is 1.58 bits per heavy atom. The molecule has 2 rings (SSSR count).